The Kier molecular flexibility index (Phi) is 6.33. The Balaban J connectivity index is 1.22. The van der Waals surface area contributed by atoms with Crippen LogP contribution in [0.2, 0.25) is 0 Å². The highest BCUT2D eigenvalue weighted by Crippen LogP contribution is 2.51. The van der Waals surface area contributed by atoms with Crippen LogP contribution in [0.15, 0.2) is 182 Å². The third kappa shape index (κ3) is 4.39. The van der Waals surface area contributed by atoms with E-state index in [1.54, 1.807) is 0 Å². The second-order valence-electron chi connectivity index (χ2n) is 15.0. The summed E-state index contributed by atoms with van der Waals surface area (Å²) < 4.78 is 4.92. The van der Waals surface area contributed by atoms with Crippen LogP contribution in [0, 0.1) is 0 Å². The number of hydrogen-bond donors (Lipinski definition) is 0. The summed E-state index contributed by atoms with van der Waals surface area (Å²) in [4.78, 5) is 0. The molecule has 0 saturated heterocycles. The van der Waals surface area contributed by atoms with Crippen molar-refractivity contribution in [2.45, 2.75) is 19.3 Å². The molecule has 0 aliphatic heterocycles. The van der Waals surface area contributed by atoms with Crippen LogP contribution in [0.3, 0.4) is 0 Å². The summed E-state index contributed by atoms with van der Waals surface area (Å²) in [5.74, 6) is 0. The van der Waals surface area contributed by atoms with Gasteiger partial charge in [0, 0.05) is 38.3 Å². The minimum absolute atomic E-state index is 0.0997. The van der Waals surface area contributed by atoms with Gasteiger partial charge in [0.2, 0.25) is 0 Å². The fourth-order valence-electron chi connectivity index (χ4n) is 9.12. The summed E-state index contributed by atoms with van der Waals surface area (Å²) >= 11 is 0. The van der Waals surface area contributed by atoms with E-state index in [1.807, 2.05) is 0 Å². The highest BCUT2D eigenvalue weighted by atomic mass is 15.0. The van der Waals surface area contributed by atoms with Crippen molar-refractivity contribution >= 4 is 43.6 Å². The smallest absolute Gasteiger partial charge is 0.0544 e. The molecule has 0 N–H and O–H groups in total. The van der Waals surface area contributed by atoms with E-state index in [9.17, 15) is 0 Å². The maximum atomic E-state index is 2.50. The standard InChI is InChI=1S/C51H36N2/c1-51(2)45-21-13-12-20-39(45)40-31-44-42-29-36(34-16-8-4-9-17-34)23-26-48(42)53(50(44)32-46(40)51)38-24-27-49-43(30-38)41-28-35(33-14-6-3-7-15-33)22-25-47(41)52(49)37-18-10-5-11-19-37/h3-32H,1-2H3. The van der Waals surface area contributed by atoms with E-state index in [4.69, 9.17) is 0 Å². The van der Waals surface area contributed by atoms with Crippen molar-refractivity contribution in [2.75, 3.05) is 0 Å². The number of aromatic nitrogens is 2. The largest absolute Gasteiger partial charge is 0.309 e. The lowest BCUT2D eigenvalue weighted by molar-refractivity contribution is 0.661. The highest BCUT2D eigenvalue weighted by Gasteiger charge is 2.36. The number of para-hydroxylation sites is 1. The molecule has 250 valence electrons. The highest BCUT2D eigenvalue weighted by molar-refractivity contribution is 6.14. The third-order valence-corrected chi connectivity index (χ3v) is 11.7. The van der Waals surface area contributed by atoms with Crippen LogP contribution in [0.5, 0.6) is 0 Å². The maximum absolute atomic E-state index is 2.50. The lowest BCUT2D eigenvalue weighted by atomic mass is 9.82. The van der Waals surface area contributed by atoms with Gasteiger partial charge in [-0.25, -0.2) is 0 Å². The first-order chi connectivity index (χ1) is 26.0. The Labute approximate surface area is 308 Å². The molecular weight excluding hydrogens is 641 g/mol. The summed E-state index contributed by atoms with van der Waals surface area (Å²) in [6.07, 6.45) is 0. The Morgan fingerprint density at radius 1 is 0.321 bits per heavy atom. The molecule has 2 nitrogen and oxygen atoms in total. The number of benzene rings is 8. The van der Waals surface area contributed by atoms with Gasteiger partial charge in [0.25, 0.3) is 0 Å². The predicted octanol–water partition coefficient (Wildman–Crippen LogP) is 13.5. The minimum Gasteiger partial charge on any atom is -0.309 e. The van der Waals surface area contributed by atoms with Gasteiger partial charge >= 0.3 is 0 Å². The molecule has 0 spiro atoms. The molecule has 0 saturated carbocycles. The van der Waals surface area contributed by atoms with Crippen molar-refractivity contribution in [1.29, 1.82) is 0 Å². The molecule has 0 radical (unpaired) electrons. The van der Waals surface area contributed by atoms with Gasteiger partial charge in [0.05, 0.1) is 22.1 Å². The Morgan fingerprint density at radius 3 is 1.43 bits per heavy atom. The van der Waals surface area contributed by atoms with E-state index in [0.29, 0.717) is 0 Å². The van der Waals surface area contributed by atoms with Crippen molar-refractivity contribution in [3.63, 3.8) is 0 Å². The fourth-order valence-corrected chi connectivity index (χ4v) is 9.12. The number of fused-ring (bicyclic) bond motifs is 9. The average Bonchev–Trinajstić information content (AvgIpc) is 3.80. The molecule has 0 bridgehead atoms. The second kappa shape index (κ2) is 11.2. The normalized spacial score (nSPS) is 13.2. The molecular formula is C51H36N2. The summed E-state index contributed by atoms with van der Waals surface area (Å²) in [7, 11) is 0. The van der Waals surface area contributed by atoms with Gasteiger partial charge in [-0.05, 0) is 111 Å². The molecule has 1 aliphatic carbocycles. The van der Waals surface area contributed by atoms with Crippen molar-refractivity contribution in [3.8, 4) is 44.8 Å². The molecule has 0 atom stereocenters. The topological polar surface area (TPSA) is 9.86 Å². The molecule has 2 heteroatoms. The molecule has 0 amide bonds. The number of nitrogens with zero attached hydrogens (tertiary/aromatic N) is 2. The summed E-state index contributed by atoms with van der Waals surface area (Å²) in [6.45, 7) is 4.75. The van der Waals surface area contributed by atoms with E-state index < -0.39 is 0 Å². The van der Waals surface area contributed by atoms with Crippen LogP contribution in [0.1, 0.15) is 25.0 Å². The van der Waals surface area contributed by atoms with Crippen molar-refractivity contribution < 1.29 is 0 Å². The summed E-state index contributed by atoms with van der Waals surface area (Å²) in [5, 5.41) is 5.03. The monoisotopic (exact) mass is 676 g/mol. The zero-order valence-corrected chi connectivity index (χ0v) is 29.7. The molecule has 8 aromatic carbocycles. The Morgan fingerprint density at radius 2 is 0.811 bits per heavy atom. The predicted molar refractivity (Wildman–Crippen MR) is 224 cm³/mol. The zero-order chi connectivity index (χ0) is 35.3. The van der Waals surface area contributed by atoms with E-state index in [2.05, 4.69) is 205 Å². The second-order valence-corrected chi connectivity index (χ2v) is 15.0. The van der Waals surface area contributed by atoms with E-state index in [1.165, 1.54) is 88.1 Å². The van der Waals surface area contributed by atoms with Gasteiger partial charge in [0.1, 0.15) is 0 Å². The van der Waals surface area contributed by atoms with Crippen LogP contribution in [-0.2, 0) is 5.41 Å². The number of rotatable bonds is 4. The van der Waals surface area contributed by atoms with E-state index >= 15 is 0 Å². The maximum Gasteiger partial charge on any atom is 0.0544 e. The lowest BCUT2D eigenvalue weighted by Crippen LogP contribution is -2.14. The molecule has 0 fully saturated rings. The van der Waals surface area contributed by atoms with Crippen LogP contribution >= 0.6 is 0 Å². The Hall–Kier alpha value is -6.64. The first-order valence-corrected chi connectivity index (χ1v) is 18.5. The van der Waals surface area contributed by atoms with Crippen LogP contribution in [-0.4, -0.2) is 9.13 Å². The molecule has 0 unspecified atom stereocenters. The quantitative estimate of drug-likeness (QED) is 0.176. The third-order valence-electron chi connectivity index (χ3n) is 11.7. The summed E-state index contributed by atoms with van der Waals surface area (Å²) in [5.41, 5.74) is 17.4. The Bertz CT molecular complexity index is 3050. The van der Waals surface area contributed by atoms with Gasteiger partial charge in [-0.2, -0.15) is 0 Å². The molecule has 10 aromatic rings. The first kappa shape index (κ1) is 30.0. The van der Waals surface area contributed by atoms with E-state index in [-0.39, 0.29) is 5.41 Å². The molecule has 1 aliphatic rings. The van der Waals surface area contributed by atoms with Crippen LogP contribution in [0.4, 0.5) is 0 Å². The van der Waals surface area contributed by atoms with Gasteiger partial charge in [-0.1, -0.05) is 129 Å². The van der Waals surface area contributed by atoms with Gasteiger partial charge in [0.15, 0.2) is 0 Å². The minimum atomic E-state index is -0.0997. The van der Waals surface area contributed by atoms with Gasteiger partial charge < -0.3 is 9.13 Å². The van der Waals surface area contributed by atoms with Crippen molar-refractivity contribution in [3.05, 3.63) is 193 Å². The van der Waals surface area contributed by atoms with Crippen molar-refractivity contribution in [1.82, 2.24) is 9.13 Å². The average molecular weight is 677 g/mol. The molecule has 53 heavy (non-hydrogen) atoms. The summed E-state index contributed by atoms with van der Waals surface area (Å²) in [6, 6.07) is 67.1. The number of hydrogen-bond acceptors (Lipinski definition) is 0. The lowest BCUT2D eigenvalue weighted by Gasteiger charge is -2.21. The first-order valence-electron chi connectivity index (χ1n) is 18.5. The molecule has 11 rings (SSSR count). The van der Waals surface area contributed by atoms with Gasteiger partial charge in [-0.15, -0.1) is 0 Å². The fraction of sp³-hybridized carbons (Fsp3) is 0.0588. The molecule has 2 aromatic heterocycles. The zero-order valence-electron chi connectivity index (χ0n) is 29.7. The van der Waals surface area contributed by atoms with Crippen molar-refractivity contribution in [2.24, 2.45) is 0 Å². The molecule has 2 heterocycles. The van der Waals surface area contributed by atoms with Crippen LogP contribution in [0.25, 0.3) is 88.4 Å². The van der Waals surface area contributed by atoms with Gasteiger partial charge in [-0.3, -0.25) is 0 Å². The van der Waals surface area contributed by atoms with E-state index in [0.717, 1.165) is 11.4 Å². The van der Waals surface area contributed by atoms with Crippen LogP contribution < -0.4 is 0 Å². The SMILES string of the molecule is CC1(C)c2ccccc2-c2cc3c4cc(-c5ccccc5)ccc4n(-c4ccc5c(c4)c4cc(-c6ccccc6)ccc4n5-c4ccccc4)c3cc21.